The summed E-state index contributed by atoms with van der Waals surface area (Å²) >= 11 is 0. The van der Waals surface area contributed by atoms with Gasteiger partial charge in [-0.3, -0.25) is 9.78 Å². The Kier molecular flexibility index (Phi) is 7.32. The standard InChI is InChI=1S/C24H22F3N3O3/c1-3-21(31)20-13-19(9-10-28-20)33-22-8-7-16(11-15(22)2)14-29-23(32)30-18-6-4-5-17(12-18)24(25,26)27/h4-13H,3,14H2,1-2H3,(H2,29,30,32). The molecule has 1 heterocycles. The molecule has 9 heteroatoms. The molecule has 0 aliphatic heterocycles. The molecule has 0 saturated carbocycles. The molecule has 1 aromatic heterocycles. The molecule has 0 fully saturated rings. The maximum atomic E-state index is 12.8. The highest BCUT2D eigenvalue weighted by atomic mass is 19.4. The average Bonchev–Trinajstić information content (AvgIpc) is 2.78. The molecule has 0 aliphatic carbocycles. The first kappa shape index (κ1) is 23.8. The summed E-state index contributed by atoms with van der Waals surface area (Å²) in [6.07, 6.45) is -2.63. The molecule has 0 spiro atoms. The Labute approximate surface area is 188 Å². The van der Waals surface area contributed by atoms with E-state index in [4.69, 9.17) is 4.74 Å². The largest absolute Gasteiger partial charge is 0.457 e. The van der Waals surface area contributed by atoms with Crippen molar-refractivity contribution < 1.29 is 27.5 Å². The van der Waals surface area contributed by atoms with Gasteiger partial charge in [-0.1, -0.05) is 25.1 Å². The third-order valence-electron chi connectivity index (χ3n) is 4.71. The summed E-state index contributed by atoms with van der Waals surface area (Å²) in [4.78, 5) is 28.0. The van der Waals surface area contributed by atoms with E-state index in [2.05, 4.69) is 15.6 Å². The Morgan fingerprint density at radius 1 is 1.06 bits per heavy atom. The Balaban J connectivity index is 1.59. The zero-order valence-corrected chi connectivity index (χ0v) is 18.0. The summed E-state index contributed by atoms with van der Waals surface area (Å²) in [5.74, 6) is 0.978. The van der Waals surface area contributed by atoms with Gasteiger partial charge >= 0.3 is 12.2 Å². The number of urea groups is 1. The van der Waals surface area contributed by atoms with Gasteiger partial charge in [-0.2, -0.15) is 13.2 Å². The van der Waals surface area contributed by atoms with Crippen molar-refractivity contribution >= 4 is 17.5 Å². The number of nitrogens with one attached hydrogen (secondary N) is 2. The minimum Gasteiger partial charge on any atom is -0.457 e. The Morgan fingerprint density at radius 3 is 2.55 bits per heavy atom. The van der Waals surface area contributed by atoms with Crippen molar-refractivity contribution in [3.8, 4) is 11.5 Å². The third kappa shape index (κ3) is 6.55. The minimum absolute atomic E-state index is 0.0422. The smallest absolute Gasteiger partial charge is 0.416 e. The van der Waals surface area contributed by atoms with Gasteiger partial charge in [-0.25, -0.2) is 4.79 Å². The Bertz CT molecular complexity index is 1160. The lowest BCUT2D eigenvalue weighted by molar-refractivity contribution is -0.137. The van der Waals surface area contributed by atoms with E-state index in [0.717, 1.165) is 23.3 Å². The number of aromatic nitrogens is 1. The molecular weight excluding hydrogens is 435 g/mol. The van der Waals surface area contributed by atoms with Crippen LogP contribution >= 0.6 is 0 Å². The molecule has 0 atom stereocenters. The van der Waals surface area contributed by atoms with Crippen LogP contribution < -0.4 is 15.4 Å². The number of carbonyl (C=O) groups excluding carboxylic acids is 2. The number of nitrogens with zero attached hydrogens (tertiary/aromatic N) is 1. The van der Waals surface area contributed by atoms with Gasteiger partial charge in [0.25, 0.3) is 0 Å². The number of pyridine rings is 1. The highest BCUT2D eigenvalue weighted by molar-refractivity contribution is 5.94. The van der Waals surface area contributed by atoms with Gasteiger partial charge in [-0.05, 0) is 48.4 Å². The van der Waals surface area contributed by atoms with Crippen molar-refractivity contribution in [2.75, 3.05) is 5.32 Å². The molecule has 3 aromatic rings. The highest BCUT2D eigenvalue weighted by Gasteiger charge is 2.30. The minimum atomic E-state index is -4.49. The number of rotatable bonds is 7. The van der Waals surface area contributed by atoms with E-state index in [1.807, 2.05) is 13.0 Å². The number of benzene rings is 2. The highest BCUT2D eigenvalue weighted by Crippen LogP contribution is 2.30. The Hall–Kier alpha value is -3.88. The molecule has 3 rings (SSSR count). The van der Waals surface area contributed by atoms with Crippen LogP contribution in [-0.4, -0.2) is 16.8 Å². The number of anilines is 1. The third-order valence-corrected chi connectivity index (χ3v) is 4.71. The molecular formula is C24H22F3N3O3. The summed E-state index contributed by atoms with van der Waals surface area (Å²) in [6, 6.07) is 12.3. The quantitative estimate of drug-likeness (QED) is 0.419. The molecule has 2 aromatic carbocycles. The SMILES string of the molecule is CCC(=O)c1cc(Oc2ccc(CNC(=O)Nc3cccc(C(F)(F)F)c3)cc2C)ccn1. The van der Waals surface area contributed by atoms with Crippen LogP contribution in [0.5, 0.6) is 11.5 Å². The fraction of sp³-hybridized carbons (Fsp3) is 0.208. The summed E-state index contributed by atoms with van der Waals surface area (Å²) in [6.45, 7) is 3.76. The number of ether oxygens (including phenoxy) is 1. The second-order valence-corrected chi connectivity index (χ2v) is 7.24. The van der Waals surface area contributed by atoms with E-state index in [-0.39, 0.29) is 18.0 Å². The van der Waals surface area contributed by atoms with Crippen LogP contribution in [0.4, 0.5) is 23.7 Å². The van der Waals surface area contributed by atoms with E-state index < -0.39 is 17.8 Å². The van der Waals surface area contributed by atoms with Crippen molar-refractivity contribution in [2.24, 2.45) is 0 Å². The number of hydrogen-bond donors (Lipinski definition) is 2. The molecule has 6 nitrogen and oxygen atoms in total. The summed E-state index contributed by atoms with van der Waals surface area (Å²) in [5.41, 5.74) is 1.11. The van der Waals surface area contributed by atoms with Gasteiger partial charge in [0, 0.05) is 30.9 Å². The number of Topliss-reactive ketones (excluding diaryl/α,β-unsaturated/α-hetero) is 1. The number of halogens is 3. The second kappa shape index (κ2) is 10.2. The molecule has 0 radical (unpaired) electrons. The molecule has 0 unspecified atom stereocenters. The van der Waals surface area contributed by atoms with Gasteiger partial charge in [-0.15, -0.1) is 0 Å². The van der Waals surface area contributed by atoms with Gasteiger partial charge in [0.15, 0.2) is 5.78 Å². The van der Waals surface area contributed by atoms with Crippen molar-refractivity contribution in [3.63, 3.8) is 0 Å². The average molecular weight is 457 g/mol. The van der Waals surface area contributed by atoms with E-state index in [0.29, 0.717) is 23.6 Å². The van der Waals surface area contributed by atoms with Crippen LogP contribution in [0.3, 0.4) is 0 Å². The zero-order chi connectivity index (χ0) is 24.0. The van der Waals surface area contributed by atoms with Crippen molar-refractivity contribution in [3.05, 3.63) is 83.2 Å². The van der Waals surface area contributed by atoms with E-state index >= 15 is 0 Å². The van der Waals surface area contributed by atoms with Crippen LogP contribution in [0.25, 0.3) is 0 Å². The van der Waals surface area contributed by atoms with Crippen molar-refractivity contribution in [2.45, 2.75) is 33.0 Å². The molecule has 2 N–H and O–H groups in total. The maximum Gasteiger partial charge on any atom is 0.416 e. The summed E-state index contributed by atoms with van der Waals surface area (Å²) < 4.78 is 44.3. The molecule has 0 saturated heterocycles. The van der Waals surface area contributed by atoms with Crippen LogP contribution in [0, 0.1) is 6.92 Å². The predicted molar refractivity (Wildman–Crippen MR) is 117 cm³/mol. The lowest BCUT2D eigenvalue weighted by atomic mass is 10.1. The topological polar surface area (TPSA) is 80.3 Å². The fourth-order valence-corrected chi connectivity index (χ4v) is 3.00. The number of ketones is 1. The number of aryl methyl sites for hydroxylation is 1. The lowest BCUT2D eigenvalue weighted by Crippen LogP contribution is -2.28. The summed E-state index contributed by atoms with van der Waals surface area (Å²) in [7, 11) is 0. The molecule has 172 valence electrons. The number of hydrogen-bond acceptors (Lipinski definition) is 4. The molecule has 33 heavy (non-hydrogen) atoms. The molecule has 2 amide bonds. The zero-order valence-electron chi connectivity index (χ0n) is 18.0. The number of amides is 2. The monoisotopic (exact) mass is 457 g/mol. The van der Waals surface area contributed by atoms with Crippen LogP contribution in [0.15, 0.2) is 60.8 Å². The first-order valence-corrected chi connectivity index (χ1v) is 10.1. The first-order valence-electron chi connectivity index (χ1n) is 10.1. The van der Waals surface area contributed by atoms with Gasteiger partial charge in [0.05, 0.1) is 5.56 Å². The summed E-state index contributed by atoms with van der Waals surface area (Å²) in [5, 5.41) is 5.00. The van der Waals surface area contributed by atoms with Crippen LogP contribution in [0.1, 0.15) is 40.5 Å². The van der Waals surface area contributed by atoms with E-state index in [9.17, 15) is 22.8 Å². The van der Waals surface area contributed by atoms with E-state index in [1.165, 1.54) is 18.3 Å². The maximum absolute atomic E-state index is 12.8. The van der Waals surface area contributed by atoms with Crippen molar-refractivity contribution in [1.29, 1.82) is 0 Å². The number of alkyl halides is 3. The van der Waals surface area contributed by atoms with Gasteiger partial charge < -0.3 is 15.4 Å². The first-order chi connectivity index (χ1) is 15.7. The predicted octanol–water partition coefficient (Wildman–Crippen LogP) is 6.12. The fourth-order valence-electron chi connectivity index (χ4n) is 3.00. The van der Waals surface area contributed by atoms with Crippen LogP contribution in [0.2, 0.25) is 0 Å². The van der Waals surface area contributed by atoms with Gasteiger partial charge in [0.1, 0.15) is 17.2 Å². The lowest BCUT2D eigenvalue weighted by Gasteiger charge is -2.13. The van der Waals surface area contributed by atoms with E-state index in [1.54, 1.807) is 31.2 Å². The normalized spacial score (nSPS) is 11.1. The Morgan fingerprint density at radius 2 is 1.85 bits per heavy atom. The molecule has 0 bridgehead atoms. The van der Waals surface area contributed by atoms with Gasteiger partial charge in [0.2, 0.25) is 0 Å². The molecule has 0 aliphatic rings. The number of carbonyl (C=O) groups is 2. The van der Waals surface area contributed by atoms with Crippen LogP contribution in [-0.2, 0) is 12.7 Å². The van der Waals surface area contributed by atoms with Crippen molar-refractivity contribution in [1.82, 2.24) is 10.3 Å². The second-order valence-electron chi connectivity index (χ2n) is 7.24.